The van der Waals surface area contributed by atoms with Crippen molar-refractivity contribution in [2.45, 2.75) is 26.4 Å². The van der Waals surface area contributed by atoms with Crippen LogP contribution in [0.2, 0.25) is 5.02 Å². The first-order valence-corrected chi connectivity index (χ1v) is 9.69. The molecule has 1 aromatic carbocycles. The number of carbonyl (C=O) groups excluding carboxylic acids is 1. The molecule has 154 valence electrons. The lowest BCUT2D eigenvalue weighted by Gasteiger charge is -2.37. The number of benzene rings is 1. The van der Waals surface area contributed by atoms with E-state index in [9.17, 15) is 14.9 Å². The normalized spacial score (nSPS) is 15.9. The first-order chi connectivity index (χ1) is 12.9. The highest BCUT2D eigenvalue weighted by molar-refractivity contribution is 9.10. The first-order valence-electron chi connectivity index (χ1n) is 8.52. The van der Waals surface area contributed by atoms with Crippen LogP contribution in [0.3, 0.4) is 0 Å². The van der Waals surface area contributed by atoms with Gasteiger partial charge in [-0.2, -0.15) is 0 Å². The van der Waals surface area contributed by atoms with E-state index in [1.807, 2.05) is 0 Å². The molecule has 2 rings (SSSR count). The number of nitro groups is 1. The van der Waals surface area contributed by atoms with Crippen LogP contribution in [0.1, 0.15) is 26.3 Å². The number of rotatable bonds is 3. The number of hydrogen-bond acceptors (Lipinski definition) is 7. The Morgan fingerprint density at radius 1 is 1.25 bits per heavy atom. The van der Waals surface area contributed by atoms with Gasteiger partial charge in [0.15, 0.2) is 0 Å². The molecule has 0 aromatic heterocycles. The molecule has 1 aliphatic heterocycles. The van der Waals surface area contributed by atoms with Gasteiger partial charge in [-0.05, 0) is 53.8 Å². The fourth-order valence-electron chi connectivity index (χ4n) is 2.76. The Balaban J connectivity index is 2.30. The number of nitrogen functional groups attached to an aromatic ring is 1. The molecule has 0 unspecified atom stereocenters. The van der Waals surface area contributed by atoms with Crippen molar-refractivity contribution < 1.29 is 14.5 Å². The van der Waals surface area contributed by atoms with Crippen molar-refractivity contribution in [1.82, 2.24) is 9.80 Å². The van der Waals surface area contributed by atoms with Crippen LogP contribution in [0, 0.1) is 10.1 Å². The summed E-state index contributed by atoms with van der Waals surface area (Å²) in [6, 6.07) is 3.11. The average Bonchev–Trinajstić information content (AvgIpc) is 2.58. The number of halogens is 2. The van der Waals surface area contributed by atoms with E-state index in [0.29, 0.717) is 46.9 Å². The molecule has 0 bridgehead atoms. The SMILES string of the molecule is CC(C)(C)OC(=O)N1CCN(/C(=C(/N)[N+](=O)[O-])c2cc(Cl)c(Br)cc2N)CC1. The first kappa shape index (κ1) is 22.1. The van der Waals surface area contributed by atoms with Gasteiger partial charge in [0.05, 0.1) is 5.02 Å². The topological polar surface area (TPSA) is 128 Å². The van der Waals surface area contributed by atoms with Crippen LogP contribution in [0.5, 0.6) is 0 Å². The highest BCUT2D eigenvalue weighted by Crippen LogP contribution is 2.34. The number of ether oxygens (including phenoxy) is 1. The molecule has 0 atom stereocenters. The maximum Gasteiger partial charge on any atom is 0.410 e. The van der Waals surface area contributed by atoms with E-state index in [2.05, 4.69) is 15.9 Å². The summed E-state index contributed by atoms with van der Waals surface area (Å²) in [5, 5.41) is 11.7. The van der Waals surface area contributed by atoms with Gasteiger partial charge in [0.25, 0.3) is 0 Å². The van der Waals surface area contributed by atoms with E-state index >= 15 is 0 Å². The molecular weight excluding hydrogens is 454 g/mol. The van der Waals surface area contributed by atoms with Crippen molar-refractivity contribution in [3.63, 3.8) is 0 Å². The van der Waals surface area contributed by atoms with E-state index < -0.39 is 22.4 Å². The van der Waals surface area contributed by atoms with E-state index in [4.69, 9.17) is 27.8 Å². The third-order valence-corrected chi connectivity index (χ3v) is 5.23. The minimum Gasteiger partial charge on any atom is -0.444 e. The molecular formula is C17H23BrClN5O4. The van der Waals surface area contributed by atoms with Crippen molar-refractivity contribution in [2.75, 3.05) is 31.9 Å². The zero-order valence-corrected chi connectivity index (χ0v) is 18.2. The highest BCUT2D eigenvalue weighted by atomic mass is 79.9. The van der Waals surface area contributed by atoms with Gasteiger partial charge in [-0.15, -0.1) is 0 Å². The molecule has 11 heteroatoms. The van der Waals surface area contributed by atoms with Crippen molar-refractivity contribution in [2.24, 2.45) is 5.73 Å². The summed E-state index contributed by atoms with van der Waals surface area (Å²) >= 11 is 9.43. The molecule has 1 heterocycles. The molecule has 1 fully saturated rings. The molecule has 0 aliphatic carbocycles. The second-order valence-electron chi connectivity index (χ2n) is 7.30. The van der Waals surface area contributed by atoms with Gasteiger partial charge < -0.3 is 30.4 Å². The maximum absolute atomic E-state index is 12.2. The second kappa shape index (κ2) is 8.44. The Morgan fingerprint density at radius 3 is 2.29 bits per heavy atom. The zero-order valence-electron chi connectivity index (χ0n) is 15.9. The Kier molecular flexibility index (Phi) is 6.66. The number of hydrogen-bond donors (Lipinski definition) is 2. The molecule has 4 N–H and O–H groups in total. The summed E-state index contributed by atoms with van der Waals surface area (Å²) in [7, 11) is 0. The molecule has 28 heavy (non-hydrogen) atoms. The van der Waals surface area contributed by atoms with Gasteiger partial charge in [0.2, 0.25) is 0 Å². The third kappa shape index (κ3) is 5.20. The van der Waals surface area contributed by atoms with Crippen LogP contribution in [-0.4, -0.2) is 52.6 Å². The predicted molar refractivity (Wildman–Crippen MR) is 111 cm³/mol. The molecule has 1 saturated heterocycles. The van der Waals surface area contributed by atoms with E-state index in [1.165, 1.54) is 6.07 Å². The van der Waals surface area contributed by atoms with E-state index in [0.717, 1.165) is 0 Å². The van der Waals surface area contributed by atoms with Crippen LogP contribution in [0.15, 0.2) is 22.4 Å². The van der Waals surface area contributed by atoms with Gasteiger partial charge >= 0.3 is 11.9 Å². The summed E-state index contributed by atoms with van der Waals surface area (Å²) in [5.41, 5.74) is 12.1. The summed E-state index contributed by atoms with van der Waals surface area (Å²) in [6.07, 6.45) is -0.425. The third-order valence-electron chi connectivity index (χ3n) is 4.03. The van der Waals surface area contributed by atoms with Crippen LogP contribution in [0.4, 0.5) is 10.5 Å². The summed E-state index contributed by atoms with van der Waals surface area (Å²) in [5.74, 6) is -0.532. The lowest BCUT2D eigenvalue weighted by atomic mass is 10.1. The van der Waals surface area contributed by atoms with Gasteiger partial charge in [0.1, 0.15) is 11.3 Å². The number of piperazine rings is 1. The Morgan fingerprint density at radius 2 is 1.79 bits per heavy atom. The monoisotopic (exact) mass is 475 g/mol. The summed E-state index contributed by atoms with van der Waals surface area (Å²) in [6.45, 7) is 6.69. The summed E-state index contributed by atoms with van der Waals surface area (Å²) in [4.78, 5) is 26.2. The molecule has 9 nitrogen and oxygen atoms in total. The lowest BCUT2D eigenvalue weighted by Crippen LogP contribution is -2.49. The van der Waals surface area contributed by atoms with Crippen molar-refractivity contribution in [1.29, 1.82) is 0 Å². The molecule has 1 amide bonds. The fourth-order valence-corrected chi connectivity index (χ4v) is 3.29. The number of amides is 1. The van der Waals surface area contributed by atoms with Crippen molar-refractivity contribution >= 4 is 45.0 Å². The lowest BCUT2D eigenvalue weighted by molar-refractivity contribution is -0.426. The van der Waals surface area contributed by atoms with E-state index in [1.54, 1.807) is 36.6 Å². The minimum absolute atomic E-state index is 0.181. The van der Waals surface area contributed by atoms with Crippen molar-refractivity contribution in [3.8, 4) is 0 Å². The molecule has 0 saturated carbocycles. The predicted octanol–water partition coefficient (Wildman–Crippen LogP) is 3.10. The molecule has 1 aliphatic rings. The summed E-state index contributed by atoms with van der Waals surface area (Å²) < 4.78 is 5.95. The van der Waals surface area contributed by atoms with Gasteiger partial charge in [-0.25, -0.2) is 4.79 Å². The second-order valence-corrected chi connectivity index (χ2v) is 8.56. The number of anilines is 1. The largest absolute Gasteiger partial charge is 0.444 e. The van der Waals surface area contributed by atoms with Crippen molar-refractivity contribution in [3.05, 3.63) is 43.1 Å². The molecule has 0 spiro atoms. The minimum atomic E-state index is -0.662. The van der Waals surface area contributed by atoms with Gasteiger partial charge in [-0.1, -0.05) is 11.6 Å². The van der Waals surface area contributed by atoms with Crippen LogP contribution in [0.25, 0.3) is 5.70 Å². The number of nitrogens with two attached hydrogens (primary N) is 2. The standard InChI is InChI=1S/C17H23BrClN5O4/c1-17(2,3)28-16(25)23-6-4-22(5-7-23)14(15(21)24(26)27)10-8-12(19)11(18)9-13(10)20/h8-9H,4-7,20-21H2,1-3H3/b15-14-. The fraction of sp³-hybridized carbons (Fsp3) is 0.471. The van der Waals surface area contributed by atoms with Crippen LogP contribution in [-0.2, 0) is 4.74 Å². The highest BCUT2D eigenvalue weighted by Gasteiger charge is 2.30. The number of nitrogens with zero attached hydrogens (tertiary/aromatic N) is 3. The Hall–Kier alpha value is -2.20. The smallest absolute Gasteiger partial charge is 0.410 e. The van der Waals surface area contributed by atoms with Gasteiger partial charge in [0, 0.05) is 41.9 Å². The van der Waals surface area contributed by atoms with E-state index in [-0.39, 0.29) is 5.70 Å². The average molecular weight is 477 g/mol. The maximum atomic E-state index is 12.2. The van der Waals surface area contributed by atoms with Crippen LogP contribution < -0.4 is 11.5 Å². The Bertz CT molecular complexity index is 817. The molecule has 1 aromatic rings. The van der Waals surface area contributed by atoms with Gasteiger partial charge in [-0.3, -0.25) is 5.73 Å². The quantitative estimate of drug-likeness (QED) is 0.390. The van der Waals surface area contributed by atoms with Crippen LogP contribution >= 0.6 is 27.5 Å². The zero-order chi connectivity index (χ0) is 21.2. The number of carbonyl (C=O) groups is 1. The molecule has 0 radical (unpaired) electrons. The Labute approximate surface area is 176 Å².